The number of nitrogens with one attached hydrogen (secondary N) is 1. The number of carbonyl (C=O) groups is 1. The van der Waals surface area contributed by atoms with Crippen molar-refractivity contribution in [3.8, 4) is 0 Å². The molecule has 0 aliphatic heterocycles. The summed E-state index contributed by atoms with van der Waals surface area (Å²) < 4.78 is 26.7. The van der Waals surface area contributed by atoms with Crippen LogP contribution in [0.3, 0.4) is 0 Å². The van der Waals surface area contributed by atoms with E-state index in [0.29, 0.717) is 6.42 Å². The Balaban J connectivity index is 3.16. The monoisotopic (exact) mass is 330 g/mol. The third kappa shape index (κ3) is 4.25. The summed E-state index contributed by atoms with van der Waals surface area (Å²) in [6.45, 7) is 3.17. The zero-order chi connectivity index (χ0) is 16.9. The minimum Gasteiger partial charge on any atom is -0.480 e. The number of nitro benzene ring substituents is 1. The van der Waals surface area contributed by atoms with Crippen molar-refractivity contribution in [1.29, 1.82) is 0 Å². The molecule has 0 amide bonds. The Morgan fingerprint density at radius 2 is 2.09 bits per heavy atom. The van der Waals surface area contributed by atoms with Crippen molar-refractivity contribution in [3.63, 3.8) is 0 Å². The van der Waals surface area contributed by atoms with Crippen LogP contribution >= 0.6 is 0 Å². The molecule has 1 atom stereocenters. The highest BCUT2D eigenvalue weighted by Gasteiger charge is 2.28. The number of rotatable bonds is 8. The van der Waals surface area contributed by atoms with Crippen LogP contribution in [0.25, 0.3) is 0 Å². The fourth-order valence-electron chi connectivity index (χ4n) is 1.98. The van der Waals surface area contributed by atoms with Crippen molar-refractivity contribution in [2.24, 2.45) is 0 Å². The molecule has 0 aromatic heterocycles. The van der Waals surface area contributed by atoms with Gasteiger partial charge in [0, 0.05) is 11.6 Å². The number of nitro groups is 1. The second kappa shape index (κ2) is 7.32. The quantitative estimate of drug-likeness (QED) is 0.553. The van der Waals surface area contributed by atoms with Crippen molar-refractivity contribution in [2.45, 2.75) is 44.0 Å². The van der Waals surface area contributed by atoms with E-state index in [-0.39, 0.29) is 22.6 Å². The van der Waals surface area contributed by atoms with E-state index in [1.54, 1.807) is 0 Å². The number of carboxylic acid groups (broad SMARTS) is 1. The van der Waals surface area contributed by atoms with E-state index in [0.717, 1.165) is 6.42 Å². The molecule has 1 aromatic carbocycles. The molecule has 0 saturated heterocycles. The van der Waals surface area contributed by atoms with Crippen LogP contribution in [0.2, 0.25) is 0 Å². The Hall–Kier alpha value is -2.00. The summed E-state index contributed by atoms with van der Waals surface area (Å²) in [5.74, 6) is -1.28. The van der Waals surface area contributed by atoms with E-state index in [4.69, 9.17) is 5.11 Å². The predicted molar refractivity (Wildman–Crippen MR) is 79.1 cm³/mol. The zero-order valence-electron chi connectivity index (χ0n) is 12.3. The third-order valence-corrected chi connectivity index (χ3v) is 4.80. The molecule has 22 heavy (non-hydrogen) atoms. The summed E-state index contributed by atoms with van der Waals surface area (Å²) in [6.07, 6.45) is 1.42. The average Bonchev–Trinajstić information content (AvgIpc) is 2.42. The average molecular weight is 330 g/mol. The minimum atomic E-state index is -4.16. The summed E-state index contributed by atoms with van der Waals surface area (Å²) in [6, 6.07) is 2.40. The molecular formula is C13H18N2O6S. The lowest BCUT2D eigenvalue weighted by Gasteiger charge is -2.15. The summed E-state index contributed by atoms with van der Waals surface area (Å²) in [5, 5.41) is 20.0. The molecule has 0 fully saturated rings. The first-order chi connectivity index (χ1) is 10.2. The van der Waals surface area contributed by atoms with E-state index >= 15 is 0 Å². The van der Waals surface area contributed by atoms with Crippen molar-refractivity contribution in [1.82, 2.24) is 4.72 Å². The van der Waals surface area contributed by atoms with Gasteiger partial charge in [-0.25, -0.2) is 8.42 Å². The van der Waals surface area contributed by atoms with E-state index in [1.165, 1.54) is 25.1 Å². The summed E-state index contributed by atoms with van der Waals surface area (Å²) in [7, 11) is -4.16. The number of aliphatic carboxylic acids is 1. The first kappa shape index (κ1) is 18.1. The van der Waals surface area contributed by atoms with Crippen LogP contribution in [0.15, 0.2) is 23.1 Å². The molecule has 0 saturated carbocycles. The van der Waals surface area contributed by atoms with Crippen LogP contribution in [0.4, 0.5) is 5.69 Å². The lowest BCUT2D eigenvalue weighted by molar-refractivity contribution is -0.385. The summed E-state index contributed by atoms with van der Waals surface area (Å²) in [5.41, 5.74) is -0.358. The van der Waals surface area contributed by atoms with E-state index in [9.17, 15) is 23.3 Å². The SMILES string of the molecule is CCCC[C@H](NS(=O)(=O)c1cccc([N+](=O)[O-])c1C)C(=O)O. The number of benzene rings is 1. The molecule has 0 spiro atoms. The van der Waals surface area contributed by atoms with Crippen molar-refractivity contribution >= 4 is 21.7 Å². The maximum atomic E-state index is 12.3. The van der Waals surface area contributed by atoms with Crippen molar-refractivity contribution in [2.75, 3.05) is 0 Å². The number of hydrogen-bond donors (Lipinski definition) is 2. The van der Waals surface area contributed by atoms with Gasteiger partial charge in [-0.2, -0.15) is 4.72 Å². The molecule has 0 heterocycles. The van der Waals surface area contributed by atoms with Crippen molar-refractivity contribution in [3.05, 3.63) is 33.9 Å². The number of sulfonamides is 1. The Bertz CT molecular complexity index is 671. The largest absolute Gasteiger partial charge is 0.480 e. The van der Waals surface area contributed by atoms with E-state index < -0.39 is 27.0 Å². The maximum absolute atomic E-state index is 12.3. The number of carboxylic acids is 1. The van der Waals surface area contributed by atoms with Crippen LogP contribution in [0, 0.1) is 17.0 Å². The van der Waals surface area contributed by atoms with Crippen molar-refractivity contribution < 1.29 is 23.2 Å². The molecule has 2 N–H and O–H groups in total. The minimum absolute atomic E-state index is 0.0281. The van der Waals surface area contributed by atoms with Gasteiger partial charge in [-0.05, 0) is 19.4 Å². The van der Waals surface area contributed by atoms with Gasteiger partial charge >= 0.3 is 5.97 Å². The van der Waals surface area contributed by atoms with Gasteiger partial charge < -0.3 is 5.11 Å². The molecule has 0 bridgehead atoms. The molecule has 0 radical (unpaired) electrons. The fraction of sp³-hybridized carbons (Fsp3) is 0.462. The van der Waals surface area contributed by atoms with Crippen LogP contribution in [-0.4, -0.2) is 30.5 Å². The van der Waals surface area contributed by atoms with Gasteiger partial charge in [-0.3, -0.25) is 14.9 Å². The highest BCUT2D eigenvalue weighted by molar-refractivity contribution is 7.89. The van der Waals surface area contributed by atoms with E-state index in [2.05, 4.69) is 4.72 Å². The maximum Gasteiger partial charge on any atom is 0.321 e. The first-order valence-electron chi connectivity index (χ1n) is 6.69. The predicted octanol–water partition coefficient (Wildman–Crippen LogP) is 1.82. The van der Waals surface area contributed by atoms with Gasteiger partial charge in [0.2, 0.25) is 10.0 Å². The summed E-state index contributed by atoms with van der Waals surface area (Å²) >= 11 is 0. The Labute approximate surface area is 128 Å². The molecule has 1 rings (SSSR count). The van der Waals surface area contributed by atoms with Crippen LogP contribution in [-0.2, 0) is 14.8 Å². The second-order valence-corrected chi connectivity index (χ2v) is 6.49. The smallest absolute Gasteiger partial charge is 0.321 e. The highest BCUT2D eigenvalue weighted by Crippen LogP contribution is 2.25. The van der Waals surface area contributed by atoms with E-state index in [1.807, 2.05) is 6.92 Å². The van der Waals surface area contributed by atoms with Gasteiger partial charge in [-0.1, -0.05) is 25.8 Å². The molecule has 0 unspecified atom stereocenters. The zero-order valence-corrected chi connectivity index (χ0v) is 13.1. The second-order valence-electron chi connectivity index (χ2n) is 4.81. The molecule has 0 aliphatic carbocycles. The van der Waals surface area contributed by atoms with Crippen LogP contribution in [0.5, 0.6) is 0 Å². The fourth-order valence-corrected chi connectivity index (χ4v) is 3.47. The number of hydrogen-bond acceptors (Lipinski definition) is 5. The molecule has 122 valence electrons. The third-order valence-electron chi connectivity index (χ3n) is 3.18. The Morgan fingerprint density at radius 1 is 1.45 bits per heavy atom. The summed E-state index contributed by atoms with van der Waals surface area (Å²) in [4.78, 5) is 21.0. The molecular weight excluding hydrogens is 312 g/mol. The van der Waals surface area contributed by atoms with Gasteiger partial charge in [0.15, 0.2) is 0 Å². The highest BCUT2D eigenvalue weighted by atomic mass is 32.2. The normalized spacial score (nSPS) is 12.8. The van der Waals surface area contributed by atoms with Gasteiger partial charge in [-0.15, -0.1) is 0 Å². The number of nitrogens with zero attached hydrogens (tertiary/aromatic N) is 1. The standard InChI is InChI=1S/C13H18N2O6S/c1-3-4-6-10(13(16)17)14-22(20,21)12-8-5-7-11(9(12)2)15(18)19/h5,7-8,10,14H,3-4,6H2,1-2H3,(H,16,17)/t10-/m0/s1. The molecule has 1 aromatic rings. The Morgan fingerprint density at radius 3 is 2.59 bits per heavy atom. The Kier molecular flexibility index (Phi) is 6.01. The lowest BCUT2D eigenvalue weighted by Crippen LogP contribution is -2.40. The molecule has 8 nitrogen and oxygen atoms in total. The first-order valence-corrected chi connectivity index (χ1v) is 8.18. The molecule has 0 aliphatic rings. The number of unbranched alkanes of at least 4 members (excludes halogenated alkanes) is 1. The lowest BCUT2D eigenvalue weighted by atomic mass is 10.1. The topological polar surface area (TPSA) is 127 Å². The van der Waals surface area contributed by atoms with Gasteiger partial charge in [0.25, 0.3) is 5.69 Å². The molecule has 9 heteroatoms. The van der Waals surface area contributed by atoms with Gasteiger partial charge in [0.05, 0.1) is 9.82 Å². The van der Waals surface area contributed by atoms with Crippen LogP contribution < -0.4 is 4.72 Å². The van der Waals surface area contributed by atoms with Gasteiger partial charge in [0.1, 0.15) is 6.04 Å². The van der Waals surface area contributed by atoms with Crippen LogP contribution in [0.1, 0.15) is 31.7 Å².